The van der Waals surface area contributed by atoms with Crippen molar-refractivity contribution in [2.24, 2.45) is 5.92 Å². The average Bonchev–Trinajstić information content (AvgIpc) is 3.12. The van der Waals surface area contributed by atoms with Gasteiger partial charge in [0.1, 0.15) is 5.82 Å². The Morgan fingerprint density at radius 2 is 2.16 bits per heavy atom. The molecular formula is C13H17BrClFN2O. The van der Waals surface area contributed by atoms with E-state index in [9.17, 15) is 9.18 Å². The van der Waals surface area contributed by atoms with Gasteiger partial charge in [-0.1, -0.05) is 22.0 Å². The van der Waals surface area contributed by atoms with Crippen LogP contribution in [0.3, 0.4) is 0 Å². The maximum atomic E-state index is 12.9. The van der Waals surface area contributed by atoms with Crippen LogP contribution in [0, 0.1) is 11.7 Å². The molecule has 2 N–H and O–H groups in total. The fourth-order valence-corrected chi connectivity index (χ4v) is 2.12. The van der Waals surface area contributed by atoms with Crippen molar-refractivity contribution in [2.75, 3.05) is 13.1 Å². The second kappa shape index (κ2) is 7.82. The number of rotatable bonds is 6. The van der Waals surface area contributed by atoms with Gasteiger partial charge in [0.25, 0.3) is 0 Å². The second-order valence-corrected chi connectivity index (χ2v) is 5.44. The van der Waals surface area contributed by atoms with Crippen molar-refractivity contribution in [2.45, 2.75) is 19.4 Å². The summed E-state index contributed by atoms with van der Waals surface area (Å²) in [6.45, 7) is 1.67. The molecule has 1 amide bonds. The lowest BCUT2D eigenvalue weighted by Gasteiger charge is -2.08. The van der Waals surface area contributed by atoms with E-state index in [4.69, 9.17) is 0 Å². The third-order valence-corrected chi connectivity index (χ3v) is 3.64. The lowest BCUT2D eigenvalue weighted by atomic mass is 10.2. The van der Waals surface area contributed by atoms with Crippen molar-refractivity contribution in [3.05, 3.63) is 34.1 Å². The molecule has 0 aliphatic heterocycles. The second-order valence-electron chi connectivity index (χ2n) is 4.59. The summed E-state index contributed by atoms with van der Waals surface area (Å²) in [5.41, 5.74) is 0.868. The van der Waals surface area contributed by atoms with Gasteiger partial charge in [-0.05, 0) is 43.0 Å². The Balaban J connectivity index is 0.00000180. The van der Waals surface area contributed by atoms with Crippen molar-refractivity contribution < 1.29 is 9.18 Å². The molecule has 1 aromatic carbocycles. The SMILES string of the molecule is Cl.O=C(CNCC1CC1)NCc1ccc(F)cc1Br. The van der Waals surface area contributed by atoms with E-state index >= 15 is 0 Å². The first kappa shape index (κ1) is 16.4. The predicted octanol–water partition coefficient (Wildman–Crippen LogP) is 2.63. The summed E-state index contributed by atoms with van der Waals surface area (Å²) < 4.78 is 13.5. The smallest absolute Gasteiger partial charge is 0.234 e. The third kappa shape index (κ3) is 5.89. The number of carbonyl (C=O) groups is 1. The molecule has 0 unspecified atom stereocenters. The first-order valence-corrected chi connectivity index (χ1v) is 6.86. The average molecular weight is 352 g/mol. The first-order chi connectivity index (χ1) is 8.65. The summed E-state index contributed by atoms with van der Waals surface area (Å²) in [6, 6.07) is 4.45. The molecule has 1 aromatic rings. The standard InChI is InChI=1S/C13H16BrFN2O.ClH/c14-12-5-11(15)4-3-10(12)7-17-13(18)8-16-6-9-1-2-9;/h3-5,9,16H,1-2,6-8H2,(H,17,18);1H. The summed E-state index contributed by atoms with van der Waals surface area (Å²) >= 11 is 3.27. The van der Waals surface area contributed by atoms with Gasteiger partial charge in [-0.15, -0.1) is 12.4 Å². The predicted molar refractivity (Wildman–Crippen MR) is 78.8 cm³/mol. The van der Waals surface area contributed by atoms with Crippen LogP contribution in [-0.4, -0.2) is 19.0 Å². The Labute approximate surface area is 126 Å². The molecule has 0 heterocycles. The molecule has 1 aliphatic carbocycles. The summed E-state index contributed by atoms with van der Waals surface area (Å²) in [7, 11) is 0. The fraction of sp³-hybridized carbons (Fsp3) is 0.462. The highest BCUT2D eigenvalue weighted by atomic mass is 79.9. The number of nitrogens with one attached hydrogen (secondary N) is 2. The minimum atomic E-state index is -0.289. The molecular weight excluding hydrogens is 335 g/mol. The van der Waals surface area contributed by atoms with Crippen molar-refractivity contribution in [1.82, 2.24) is 10.6 Å². The lowest BCUT2D eigenvalue weighted by molar-refractivity contribution is -0.120. The fourth-order valence-electron chi connectivity index (χ4n) is 1.63. The number of hydrogen-bond acceptors (Lipinski definition) is 2. The summed E-state index contributed by atoms with van der Waals surface area (Å²) in [4.78, 5) is 11.5. The highest BCUT2D eigenvalue weighted by molar-refractivity contribution is 9.10. The van der Waals surface area contributed by atoms with E-state index in [-0.39, 0.29) is 24.1 Å². The zero-order valence-corrected chi connectivity index (χ0v) is 12.8. The number of hydrogen-bond donors (Lipinski definition) is 2. The maximum absolute atomic E-state index is 12.9. The Morgan fingerprint density at radius 1 is 1.42 bits per heavy atom. The molecule has 0 radical (unpaired) electrons. The van der Waals surface area contributed by atoms with E-state index in [2.05, 4.69) is 26.6 Å². The van der Waals surface area contributed by atoms with Crippen molar-refractivity contribution in [1.29, 1.82) is 0 Å². The minimum absolute atomic E-state index is 0. The summed E-state index contributed by atoms with van der Waals surface area (Å²) in [5.74, 6) is 0.443. The summed E-state index contributed by atoms with van der Waals surface area (Å²) in [5, 5.41) is 5.92. The number of benzene rings is 1. The van der Waals surface area contributed by atoms with Crippen LogP contribution >= 0.6 is 28.3 Å². The van der Waals surface area contributed by atoms with Crippen LogP contribution < -0.4 is 10.6 Å². The Kier molecular flexibility index (Phi) is 6.75. The van der Waals surface area contributed by atoms with Gasteiger partial charge in [0.15, 0.2) is 0 Å². The van der Waals surface area contributed by atoms with Crippen molar-refractivity contribution in [3.8, 4) is 0 Å². The molecule has 0 saturated heterocycles. The molecule has 1 fully saturated rings. The third-order valence-electron chi connectivity index (χ3n) is 2.91. The van der Waals surface area contributed by atoms with Crippen LogP contribution in [-0.2, 0) is 11.3 Å². The molecule has 3 nitrogen and oxygen atoms in total. The molecule has 1 saturated carbocycles. The van der Waals surface area contributed by atoms with E-state index < -0.39 is 0 Å². The van der Waals surface area contributed by atoms with Crippen molar-refractivity contribution in [3.63, 3.8) is 0 Å². The Bertz CT molecular complexity index is 441. The largest absolute Gasteiger partial charge is 0.351 e. The van der Waals surface area contributed by atoms with Crippen LogP contribution in [0.2, 0.25) is 0 Å². The zero-order valence-electron chi connectivity index (χ0n) is 10.4. The molecule has 19 heavy (non-hydrogen) atoms. The molecule has 0 aromatic heterocycles. The Morgan fingerprint density at radius 3 is 2.79 bits per heavy atom. The van der Waals surface area contributed by atoms with E-state index in [0.29, 0.717) is 17.6 Å². The summed E-state index contributed by atoms with van der Waals surface area (Å²) in [6.07, 6.45) is 2.55. The van der Waals surface area contributed by atoms with Crippen LogP contribution in [0.25, 0.3) is 0 Å². The van der Waals surface area contributed by atoms with Crippen LogP contribution in [0.1, 0.15) is 18.4 Å². The molecule has 0 spiro atoms. The molecule has 0 atom stereocenters. The van der Waals surface area contributed by atoms with Gasteiger partial charge in [0, 0.05) is 11.0 Å². The van der Waals surface area contributed by atoms with Gasteiger partial charge in [0.2, 0.25) is 5.91 Å². The van der Waals surface area contributed by atoms with Gasteiger partial charge < -0.3 is 10.6 Å². The van der Waals surface area contributed by atoms with E-state index in [1.807, 2.05) is 0 Å². The van der Waals surface area contributed by atoms with E-state index in [1.165, 1.54) is 25.0 Å². The highest BCUT2D eigenvalue weighted by Gasteiger charge is 2.20. The van der Waals surface area contributed by atoms with Gasteiger partial charge in [-0.25, -0.2) is 4.39 Å². The van der Waals surface area contributed by atoms with Gasteiger partial charge >= 0.3 is 0 Å². The van der Waals surface area contributed by atoms with Gasteiger partial charge in [-0.2, -0.15) is 0 Å². The minimum Gasteiger partial charge on any atom is -0.351 e. The lowest BCUT2D eigenvalue weighted by Crippen LogP contribution is -2.34. The van der Waals surface area contributed by atoms with Crippen molar-refractivity contribution >= 4 is 34.2 Å². The molecule has 2 rings (SSSR count). The monoisotopic (exact) mass is 350 g/mol. The van der Waals surface area contributed by atoms with E-state index in [0.717, 1.165) is 18.0 Å². The topological polar surface area (TPSA) is 41.1 Å². The first-order valence-electron chi connectivity index (χ1n) is 6.06. The quantitative estimate of drug-likeness (QED) is 0.827. The van der Waals surface area contributed by atoms with Crippen LogP contribution in [0.5, 0.6) is 0 Å². The molecule has 6 heteroatoms. The molecule has 0 bridgehead atoms. The molecule has 106 valence electrons. The maximum Gasteiger partial charge on any atom is 0.234 e. The van der Waals surface area contributed by atoms with Gasteiger partial charge in [-0.3, -0.25) is 4.79 Å². The number of carbonyl (C=O) groups excluding carboxylic acids is 1. The van der Waals surface area contributed by atoms with Gasteiger partial charge in [0.05, 0.1) is 6.54 Å². The normalized spacial score (nSPS) is 13.8. The van der Waals surface area contributed by atoms with Crippen LogP contribution in [0.4, 0.5) is 4.39 Å². The highest BCUT2D eigenvalue weighted by Crippen LogP contribution is 2.27. The van der Waals surface area contributed by atoms with E-state index in [1.54, 1.807) is 6.07 Å². The zero-order chi connectivity index (χ0) is 13.0. The molecule has 1 aliphatic rings. The number of halogens is 3. The van der Waals surface area contributed by atoms with Crippen LogP contribution in [0.15, 0.2) is 22.7 Å². The Hall–Kier alpha value is -0.650. The number of amides is 1.